The van der Waals surface area contributed by atoms with Crippen LogP contribution in [0.4, 0.5) is 8.78 Å². The molecule has 1 nitrogen and oxygen atoms in total. The predicted octanol–water partition coefficient (Wildman–Crippen LogP) is 2.50. The van der Waals surface area contributed by atoms with E-state index in [0.29, 0.717) is 6.61 Å². The van der Waals surface area contributed by atoms with Crippen LogP contribution in [0.15, 0.2) is 0 Å². The van der Waals surface area contributed by atoms with Crippen LogP contribution in [0.3, 0.4) is 0 Å². The van der Waals surface area contributed by atoms with Gasteiger partial charge in [0.05, 0.1) is 6.10 Å². The molecule has 68 valence electrons. The Morgan fingerprint density at radius 1 is 1.45 bits per heavy atom. The van der Waals surface area contributed by atoms with E-state index in [0.717, 1.165) is 6.42 Å². The van der Waals surface area contributed by atoms with Crippen LogP contribution in [0.2, 0.25) is 0 Å². The Morgan fingerprint density at radius 2 is 2.09 bits per heavy atom. The number of ether oxygens (including phenoxy) is 1. The lowest BCUT2D eigenvalue weighted by molar-refractivity contribution is 0.0473. The highest BCUT2D eigenvalue weighted by Crippen LogP contribution is 2.02. The third-order valence-corrected chi connectivity index (χ3v) is 1.58. The van der Waals surface area contributed by atoms with Gasteiger partial charge in [-0.2, -0.15) is 0 Å². The van der Waals surface area contributed by atoms with E-state index in [1.807, 2.05) is 13.8 Å². The average Bonchev–Trinajstić information content (AvgIpc) is 2.04. The van der Waals surface area contributed by atoms with Gasteiger partial charge in [-0.15, -0.1) is 0 Å². The Balaban J connectivity index is 3.13. The van der Waals surface area contributed by atoms with Crippen molar-refractivity contribution < 1.29 is 13.5 Å². The van der Waals surface area contributed by atoms with Gasteiger partial charge < -0.3 is 4.74 Å². The van der Waals surface area contributed by atoms with E-state index in [1.54, 1.807) is 0 Å². The van der Waals surface area contributed by atoms with Crippen molar-refractivity contribution in [3.8, 4) is 0 Å². The first-order valence-corrected chi connectivity index (χ1v) is 4.02. The largest absolute Gasteiger partial charge is 0.378 e. The van der Waals surface area contributed by atoms with E-state index < -0.39 is 12.8 Å². The molecule has 0 aromatic carbocycles. The van der Waals surface area contributed by atoms with Gasteiger partial charge in [0.25, 0.3) is 0 Å². The molecule has 3 heteroatoms. The van der Waals surface area contributed by atoms with Crippen molar-refractivity contribution in [2.45, 2.75) is 39.0 Å². The van der Waals surface area contributed by atoms with Crippen LogP contribution in [0.5, 0.6) is 0 Å². The van der Waals surface area contributed by atoms with E-state index in [9.17, 15) is 8.78 Å². The first-order valence-electron chi connectivity index (χ1n) is 4.02. The molecular weight excluding hydrogens is 150 g/mol. The Morgan fingerprint density at radius 3 is 2.55 bits per heavy atom. The Hall–Kier alpha value is -0.180. The molecule has 0 aliphatic heterocycles. The second-order valence-electron chi connectivity index (χ2n) is 2.63. The van der Waals surface area contributed by atoms with E-state index in [1.165, 1.54) is 0 Å². The third kappa shape index (κ3) is 6.23. The van der Waals surface area contributed by atoms with Gasteiger partial charge in [-0.25, -0.2) is 8.78 Å². The highest BCUT2D eigenvalue weighted by atomic mass is 19.2. The van der Waals surface area contributed by atoms with Crippen LogP contribution in [-0.4, -0.2) is 25.6 Å². The summed E-state index contributed by atoms with van der Waals surface area (Å²) in [6.07, 6.45) is -0.117. The van der Waals surface area contributed by atoms with Crippen molar-refractivity contribution in [1.29, 1.82) is 0 Å². The lowest BCUT2D eigenvalue weighted by Gasteiger charge is -2.10. The van der Waals surface area contributed by atoms with Gasteiger partial charge in [0.2, 0.25) is 0 Å². The molecule has 0 saturated carbocycles. The lowest BCUT2D eigenvalue weighted by atomic mass is 10.3. The standard InChI is InChI=1S/C8H16F2O/c1-3-7(2)11-5-4-8(10)6-9/h7-8H,3-6H2,1-2H3. The van der Waals surface area contributed by atoms with Crippen LogP contribution in [-0.2, 0) is 4.74 Å². The molecule has 0 bridgehead atoms. The molecule has 0 aliphatic rings. The highest BCUT2D eigenvalue weighted by Gasteiger charge is 2.05. The van der Waals surface area contributed by atoms with Gasteiger partial charge >= 0.3 is 0 Å². The number of halogens is 2. The average molecular weight is 166 g/mol. The van der Waals surface area contributed by atoms with E-state index in [2.05, 4.69) is 0 Å². The zero-order chi connectivity index (χ0) is 8.69. The van der Waals surface area contributed by atoms with Crippen molar-refractivity contribution in [1.82, 2.24) is 0 Å². The van der Waals surface area contributed by atoms with Crippen molar-refractivity contribution in [2.75, 3.05) is 13.3 Å². The first-order chi connectivity index (χ1) is 5.20. The minimum Gasteiger partial charge on any atom is -0.378 e. The highest BCUT2D eigenvalue weighted by molar-refractivity contribution is 4.53. The minimum absolute atomic E-state index is 0.154. The Bertz CT molecular complexity index is 78.2. The van der Waals surface area contributed by atoms with Crippen molar-refractivity contribution in [2.24, 2.45) is 0 Å². The fraction of sp³-hybridized carbons (Fsp3) is 1.00. The summed E-state index contributed by atoms with van der Waals surface area (Å²) in [4.78, 5) is 0. The molecule has 0 spiro atoms. The van der Waals surface area contributed by atoms with Crippen LogP contribution in [0.25, 0.3) is 0 Å². The molecule has 0 aromatic heterocycles. The molecule has 2 unspecified atom stereocenters. The molecule has 0 fully saturated rings. The van der Waals surface area contributed by atoms with Crippen LogP contribution < -0.4 is 0 Å². The normalized spacial score (nSPS) is 16.4. The number of hydrogen-bond acceptors (Lipinski definition) is 1. The SMILES string of the molecule is CCC(C)OCCC(F)CF. The molecule has 0 aliphatic carbocycles. The van der Waals surface area contributed by atoms with Crippen molar-refractivity contribution >= 4 is 0 Å². The van der Waals surface area contributed by atoms with Gasteiger partial charge in [-0.3, -0.25) is 0 Å². The second-order valence-corrected chi connectivity index (χ2v) is 2.63. The zero-order valence-electron chi connectivity index (χ0n) is 7.15. The smallest absolute Gasteiger partial charge is 0.131 e. The fourth-order valence-corrected chi connectivity index (χ4v) is 0.592. The van der Waals surface area contributed by atoms with Gasteiger partial charge in [-0.05, 0) is 13.3 Å². The van der Waals surface area contributed by atoms with Gasteiger partial charge in [0.1, 0.15) is 12.8 Å². The maximum Gasteiger partial charge on any atom is 0.131 e. The summed E-state index contributed by atoms with van der Waals surface area (Å²) in [7, 11) is 0. The molecule has 0 aromatic rings. The van der Waals surface area contributed by atoms with Gasteiger partial charge in [0, 0.05) is 13.0 Å². The molecule has 0 N–H and O–H groups in total. The Kier molecular flexibility index (Phi) is 6.42. The van der Waals surface area contributed by atoms with Gasteiger partial charge in [0.15, 0.2) is 0 Å². The monoisotopic (exact) mass is 166 g/mol. The molecule has 11 heavy (non-hydrogen) atoms. The summed E-state index contributed by atoms with van der Waals surface area (Å²) in [6, 6.07) is 0. The molecular formula is C8H16F2O. The summed E-state index contributed by atoms with van der Waals surface area (Å²) in [5, 5.41) is 0. The second kappa shape index (κ2) is 6.53. The minimum atomic E-state index is -1.35. The molecule has 2 atom stereocenters. The fourth-order valence-electron chi connectivity index (χ4n) is 0.592. The molecule has 0 radical (unpaired) electrons. The summed E-state index contributed by atoms with van der Waals surface area (Å²) in [5.41, 5.74) is 0. The van der Waals surface area contributed by atoms with E-state index in [-0.39, 0.29) is 12.5 Å². The summed E-state index contributed by atoms with van der Waals surface area (Å²) < 4.78 is 29.0. The van der Waals surface area contributed by atoms with Crippen molar-refractivity contribution in [3.05, 3.63) is 0 Å². The van der Waals surface area contributed by atoms with Crippen molar-refractivity contribution in [3.63, 3.8) is 0 Å². The van der Waals surface area contributed by atoms with Gasteiger partial charge in [-0.1, -0.05) is 6.92 Å². The number of alkyl halides is 2. The lowest BCUT2D eigenvalue weighted by Crippen LogP contribution is -2.12. The Labute approximate surface area is 66.7 Å². The quantitative estimate of drug-likeness (QED) is 0.589. The summed E-state index contributed by atoms with van der Waals surface area (Å²) in [6.45, 7) is 3.33. The van der Waals surface area contributed by atoms with E-state index >= 15 is 0 Å². The van der Waals surface area contributed by atoms with Crippen LogP contribution in [0.1, 0.15) is 26.7 Å². The van der Waals surface area contributed by atoms with Crippen LogP contribution in [0, 0.1) is 0 Å². The zero-order valence-corrected chi connectivity index (χ0v) is 7.15. The van der Waals surface area contributed by atoms with Crippen LogP contribution >= 0.6 is 0 Å². The third-order valence-electron chi connectivity index (χ3n) is 1.58. The number of hydrogen-bond donors (Lipinski definition) is 0. The number of rotatable bonds is 6. The summed E-state index contributed by atoms with van der Waals surface area (Å²) >= 11 is 0. The maximum absolute atomic E-state index is 12.2. The molecule has 0 heterocycles. The summed E-state index contributed by atoms with van der Waals surface area (Å²) in [5.74, 6) is 0. The molecule has 0 amide bonds. The van der Waals surface area contributed by atoms with E-state index in [4.69, 9.17) is 4.74 Å². The first kappa shape index (κ1) is 10.8. The molecule has 0 saturated heterocycles. The molecule has 0 rings (SSSR count). The predicted molar refractivity (Wildman–Crippen MR) is 41.2 cm³/mol. The topological polar surface area (TPSA) is 9.23 Å². The maximum atomic E-state index is 12.2.